The number of carbonyl (C=O) groups is 2. The Morgan fingerprint density at radius 3 is 2.50 bits per heavy atom. The Bertz CT molecular complexity index is 2010. The molecule has 12 nitrogen and oxygen atoms in total. The number of fused-ring (bicyclic) bond motifs is 2. The summed E-state index contributed by atoms with van der Waals surface area (Å²) in [6.45, 7) is -0.664. The van der Waals surface area contributed by atoms with Crippen LogP contribution in [0.5, 0.6) is 11.5 Å². The molecule has 5 N–H and O–H groups in total. The second kappa shape index (κ2) is 12.6. The van der Waals surface area contributed by atoms with Crippen LogP contribution in [-0.4, -0.2) is 74.0 Å². The fourth-order valence-corrected chi connectivity index (χ4v) is 5.49. The first-order valence-corrected chi connectivity index (χ1v) is 16.1. The standard InChI is InChI=1S/C31H29F4N5O7S/c1-29(28(36)42)16-47-26-21(29)14-23(40-25(26)17-5-7-20(32)8-6-17)30(43,31(33,34)35)15-38-27(41)19-12-18-4-3-9-37-24(18)22(13-19)46-11-10-39-48(2,44)45/h3-9,12-14,39,43H,10-11,15-16H2,1-2H3,(H2,36,42)(H,38,41)/t29-,30?/m0/s1. The first-order chi connectivity index (χ1) is 22.4. The van der Waals surface area contributed by atoms with Crippen molar-refractivity contribution in [2.24, 2.45) is 5.73 Å². The van der Waals surface area contributed by atoms with Gasteiger partial charge in [-0.05, 0) is 55.5 Å². The van der Waals surface area contributed by atoms with E-state index in [4.69, 9.17) is 15.2 Å². The van der Waals surface area contributed by atoms with Gasteiger partial charge in [0.1, 0.15) is 47.2 Å². The van der Waals surface area contributed by atoms with Gasteiger partial charge < -0.3 is 25.6 Å². The van der Waals surface area contributed by atoms with E-state index in [-0.39, 0.29) is 53.6 Å². The van der Waals surface area contributed by atoms with Crippen LogP contribution in [0.3, 0.4) is 0 Å². The molecule has 0 fully saturated rings. The topological polar surface area (TPSA) is 183 Å². The van der Waals surface area contributed by atoms with Gasteiger partial charge >= 0.3 is 6.18 Å². The van der Waals surface area contributed by atoms with Crippen molar-refractivity contribution in [3.8, 4) is 22.8 Å². The Morgan fingerprint density at radius 1 is 1.15 bits per heavy atom. The van der Waals surface area contributed by atoms with Crippen molar-refractivity contribution in [3.05, 3.63) is 83.4 Å². The number of halogens is 4. The zero-order valence-electron chi connectivity index (χ0n) is 25.4. The molecular formula is C31H29F4N5O7S. The molecule has 2 aromatic heterocycles. The average molecular weight is 692 g/mol. The summed E-state index contributed by atoms with van der Waals surface area (Å²) in [4.78, 5) is 34.0. The lowest BCUT2D eigenvalue weighted by Crippen LogP contribution is -2.51. The summed E-state index contributed by atoms with van der Waals surface area (Å²) in [6, 6.07) is 11.1. The number of carbonyl (C=O) groups excluding carboxylic acids is 2. The average Bonchev–Trinajstić information content (AvgIpc) is 3.38. The molecular weight excluding hydrogens is 662 g/mol. The van der Waals surface area contributed by atoms with Gasteiger partial charge in [0.2, 0.25) is 21.5 Å². The third-order valence-electron chi connectivity index (χ3n) is 7.79. The molecule has 0 radical (unpaired) electrons. The van der Waals surface area contributed by atoms with Gasteiger partial charge in [-0.2, -0.15) is 13.2 Å². The van der Waals surface area contributed by atoms with Gasteiger partial charge in [-0.3, -0.25) is 14.6 Å². The van der Waals surface area contributed by atoms with E-state index in [1.165, 1.54) is 37.4 Å². The number of alkyl halides is 3. The molecule has 0 aliphatic carbocycles. The zero-order valence-corrected chi connectivity index (χ0v) is 26.2. The number of rotatable bonds is 11. The predicted molar refractivity (Wildman–Crippen MR) is 164 cm³/mol. The largest absolute Gasteiger partial charge is 0.490 e. The van der Waals surface area contributed by atoms with Crippen molar-refractivity contribution >= 4 is 32.7 Å². The minimum absolute atomic E-state index is 0.0506. The Labute approximate surface area is 271 Å². The third-order valence-corrected chi connectivity index (χ3v) is 8.52. The SMILES string of the molecule is C[C@]1(C(N)=O)COc2c1cc(C(O)(CNC(=O)c1cc(OCCNS(C)(=O)=O)c3ncccc3c1)C(F)(F)F)nc2-c1ccc(F)cc1. The Balaban J connectivity index is 1.51. The summed E-state index contributed by atoms with van der Waals surface area (Å²) in [5.74, 6) is -2.60. The second-order valence-corrected chi connectivity index (χ2v) is 13.2. The third kappa shape index (κ3) is 6.74. The van der Waals surface area contributed by atoms with Crippen molar-refractivity contribution < 1.29 is 50.1 Å². The molecule has 17 heteroatoms. The smallest absolute Gasteiger partial charge is 0.424 e. The van der Waals surface area contributed by atoms with Crippen molar-refractivity contribution in [1.29, 1.82) is 0 Å². The van der Waals surface area contributed by atoms with E-state index in [1.54, 1.807) is 12.1 Å². The number of nitrogens with zero attached hydrogens (tertiary/aromatic N) is 2. The second-order valence-electron chi connectivity index (χ2n) is 11.3. The molecule has 2 atom stereocenters. The fraction of sp³-hybridized carbons (Fsp3) is 0.290. The molecule has 48 heavy (non-hydrogen) atoms. The molecule has 0 spiro atoms. The Hall–Kier alpha value is -4.87. The highest BCUT2D eigenvalue weighted by atomic mass is 32.2. The van der Waals surface area contributed by atoms with Gasteiger partial charge in [-0.25, -0.2) is 22.5 Å². The number of primary amides is 1. The fourth-order valence-electron chi connectivity index (χ4n) is 5.04. The molecule has 1 aliphatic heterocycles. The number of sulfonamides is 1. The van der Waals surface area contributed by atoms with Gasteiger partial charge in [0, 0.05) is 34.8 Å². The van der Waals surface area contributed by atoms with Crippen molar-refractivity contribution in [2.75, 3.05) is 32.6 Å². The van der Waals surface area contributed by atoms with Gasteiger partial charge in [0.05, 0.1) is 18.5 Å². The summed E-state index contributed by atoms with van der Waals surface area (Å²) < 4.78 is 94.3. The summed E-state index contributed by atoms with van der Waals surface area (Å²) in [7, 11) is -3.51. The van der Waals surface area contributed by atoms with Crippen molar-refractivity contribution in [3.63, 3.8) is 0 Å². The van der Waals surface area contributed by atoms with Gasteiger partial charge in [-0.15, -0.1) is 0 Å². The van der Waals surface area contributed by atoms with Crippen LogP contribution in [0.15, 0.2) is 60.8 Å². The van der Waals surface area contributed by atoms with E-state index in [9.17, 15) is 40.7 Å². The first-order valence-electron chi connectivity index (χ1n) is 14.2. The number of amides is 2. The molecule has 254 valence electrons. The summed E-state index contributed by atoms with van der Waals surface area (Å²) in [5.41, 5.74) is -0.813. The highest BCUT2D eigenvalue weighted by Crippen LogP contribution is 2.47. The van der Waals surface area contributed by atoms with Crippen molar-refractivity contribution in [2.45, 2.75) is 24.1 Å². The monoisotopic (exact) mass is 691 g/mol. The van der Waals surface area contributed by atoms with Crippen LogP contribution in [0.1, 0.15) is 28.5 Å². The van der Waals surface area contributed by atoms with Crippen LogP contribution in [-0.2, 0) is 25.8 Å². The van der Waals surface area contributed by atoms with E-state index >= 15 is 0 Å². The minimum atomic E-state index is -5.42. The summed E-state index contributed by atoms with van der Waals surface area (Å²) >= 11 is 0. The molecule has 3 heterocycles. The number of hydrogen-bond donors (Lipinski definition) is 4. The van der Waals surface area contributed by atoms with E-state index < -0.39 is 57.1 Å². The molecule has 5 rings (SSSR count). The predicted octanol–water partition coefficient (Wildman–Crippen LogP) is 2.68. The number of benzene rings is 2. The van der Waals surface area contributed by atoms with Gasteiger partial charge in [0.15, 0.2) is 0 Å². The molecule has 0 saturated carbocycles. The molecule has 0 saturated heterocycles. The lowest BCUT2D eigenvalue weighted by atomic mass is 9.81. The van der Waals surface area contributed by atoms with E-state index in [0.717, 1.165) is 24.5 Å². The normalized spacial score (nSPS) is 17.3. The summed E-state index contributed by atoms with van der Waals surface area (Å²) in [6.07, 6.45) is -3.01. The number of ether oxygens (including phenoxy) is 2. The zero-order chi connectivity index (χ0) is 35.1. The number of pyridine rings is 2. The van der Waals surface area contributed by atoms with Crippen LogP contribution < -0.4 is 25.2 Å². The minimum Gasteiger partial charge on any atom is -0.490 e. The maximum Gasteiger partial charge on any atom is 0.424 e. The van der Waals surface area contributed by atoms with Gasteiger partial charge in [0.25, 0.3) is 5.91 Å². The van der Waals surface area contributed by atoms with E-state index in [2.05, 4.69) is 20.0 Å². The van der Waals surface area contributed by atoms with E-state index in [0.29, 0.717) is 10.9 Å². The maximum atomic E-state index is 14.8. The Morgan fingerprint density at radius 2 is 1.85 bits per heavy atom. The quantitative estimate of drug-likeness (QED) is 0.136. The van der Waals surface area contributed by atoms with Crippen LogP contribution in [0.2, 0.25) is 0 Å². The number of aromatic nitrogens is 2. The van der Waals surface area contributed by atoms with Crippen LogP contribution in [0.25, 0.3) is 22.2 Å². The molecule has 0 bridgehead atoms. The number of hydrogen-bond acceptors (Lipinski definition) is 9. The number of aliphatic hydroxyl groups is 1. The van der Waals surface area contributed by atoms with E-state index in [1.807, 2.05) is 0 Å². The highest BCUT2D eigenvalue weighted by Gasteiger charge is 2.57. The first kappa shape index (κ1) is 34.5. The van der Waals surface area contributed by atoms with Crippen LogP contribution >= 0.6 is 0 Å². The molecule has 2 amide bonds. The molecule has 1 unspecified atom stereocenters. The molecule has 1 aliphatic rings. The van der Waals surface area contributed by atoms with Crippen molar-refractivity contribution in [1.82, 2.24) is 20.0 Å². The number of nitrogens with one attached hydrogen (secondary N) is 2. The Kier molecular flexibility index (Phi) is 9.07. The maximum absolute atomic E-state index is 14.8. The van der Waals surface area contributed by atoms with Crippen LogP contribution in [0, 0.1) is 5.82 Å². The highest BCUT2D eigenvalue weighted by molar-refractivity contribution is 7.88. The lowest BCUT2D eigenvalue weighted by molar-refractivity contribution is -0.265. The molecule has 2 aromatic carbocycles. The number of nitrogens with two attached hydrogens (primary N) is 1. The molecule has 4 aromatic rings. The van der Waals surface area contributed by atoms with Crippen LogP contribution in [0.4, 0.5) is 17.6 Å². The summed E-state index contributed by atoms with van der Waals surface area (Å²) in [5, 5.41) is 13.8. The van der Waals surface area contributed by atoms with Gasteiger partial charge in [-0.1, -0.05) is 6.07 Å². The lowest BCUT2D eigenvalue weighted by Gasteiger charge is -2.31.